The first-order valence-corrected chi connectivity index (χ1v) is 14.1. The Morgan fingerprint density at radius 3 is 2.20 bits per heavy atom. The Labute approximate surface area is 239 Å². The molecule has 2 fully saturated rings. The molecule has 2 saturated heterocycles. The summed E-state index contributed by atoms with van der Waals surface area (Å²) in [5.74, 6) is -3.47. The number of hydrogen-bond donors (Lipinski definition) is 1. The number of ether oxygens (including phenoxy) is 2. The molecule has 1 N–H and O–H groups in total. The van der Waals surface area contributed by atoms with Gasteiger partial charge in [-0.25, -0.2) is 10.3 Å². The van der Waals surface area contributed by atoms with Gasteiger partial charge < -0.3 is 9.47 Å². The van der Waals surface area contributed by atoms with Crippen molar-refractivity contribution < 1.29 is 23.9 Å². The summed E-state index contributed by atoms with van der Waals surface area (Å²) in [6.07, 6.45) is 1.64. The minimum absolute atomic E-state index is 0.0204. The van der Waals surface area contributed by atoms with E-state index in [4.69, 9.17) is 9.47 Å². The minimum Gasteiger partial charge on any atom is -0.347 e. The van der Waals surface area contributed by atoms with Gasteiger partial charge in [0.25, 0.3) is 0 Å². The van der Waals surface area contributed by atoms with Gasteiger partial charge in [-0.2, -0.15) is 5.10 Å². The molecular formula is C31H26BrN3O5. The second-order valence-corrected chi connectivity index (χ2v) is 11.7. The Morgan fingerprint density at radius 1 is 0.975 bits per heavy atom. The Bertz CT molecular complexity index is 1530. The predicted molar refractivity (Wildman–Crippen MR) is 151 cm³/mol. The Morgan fingerprint density at radius 2 is 1.57 bits per heavy atom. The van der Waals surface area contributed by atoms with Gasteiger partial charge in [0.15, 0.2) is 5.79 Å². The number of hydrogen-bond acceptors (Lipinski definition) is 6. The van der Waals surface area contributed by atoms with Gasteiger partial charge in [-0.3, -0.25) is 14.4 Å². The molecule has 8 rings (SSSR count). The standard InChI is InChI=1S/C31H26BrN3O5/c1-30(39-14-15-40-30)16-24(36)34-33-17-31-22-8-4-2-6-20(22)25(21-7-3-5-9-23(21)31)26-27(31)29(38)35(28(26)37)19-12-10-18(32)11-13-19/h2-13,17,25-27H,14-16H2,1H3,(H,34,36)/b33-17-/t25?,26-,27-,31?/m1/s1. The van der Waals surface area contributed by atoms with Gasteiger partial charge in [0.2, 0.25) is 17.7 Å². The molecule has 2 atom stereocenters. The number of nitrogens with zero attached hydrogens (tertiary/aromatic N) is 2. The maximum atomic E-state index is 14.3. The monoisotopic (exact) mass is 599 g/mol. The van der Waals surface area contributed by atoms with Gasteiger partial charge in [-0.05, 0) is 53.4 Å². The van der Waals surface area contributed by atoms with Crippen molar-refractivity contribution >= 4 is 45.6 Å². The fraction of sp³-hybridized carbons (Fsp3) is 0.290. The molecule has 3 aliphatic carbocycles. The van der Waals surface area contributed by atoms with Crippen LogP contribution in [0.3, 0.4) is 0 Å². The van der Waals surface area contributed by atoms with Crippen LogP contribution in [0.5, 0.6) is 0 Å². The number of anilines is 1. The van der Waals surface area contributed by atoms with E-state index in [2.05, 4.69) is 26.5 Å². The van der Waals surface area contributed by atoms with E-state index in [0.29, 0.717) is 18.9 Å². The normalized spacial score (nSPS) is 27.6. The average molecular weight is 600 g/mol. The number of benzene rings is 3. The van der Waals surface area contributed by atoms with Crippen molar-refractivity contribution in [2.75, 3.05) is 18.1 Å². The van der Waals surface area contributed by atoms with E-state index in [-0.39, 0.29) is 30.1 Å². The molecule has 3 aromatic carbocycles. The van der Waals surface area contributed by atoms with Gasteiger partial charge in [-0.1, -0.05) is 64.5 Å². The zero-order valence-corrected chi connectivity index (χ0v) is 23.3. The highest BCUT2D eigenvalue weighted by atomic mass is 79.9. The summed E-state index contributed by atoms with van der Waals surface area (Å²) < 4.78 is 12.0. The largest absolute Gasteiger partial charge is 0.347 e. The Balaban J connectivity index is 1.35. The number of carbonyl (C=O) groups is 3. The molecule has 0 spiro atoms. The third-order valence-corrected chi connectivity index (χ3v) is 9.13. The first-order chi connectivity index (χ1) is 19.3. The van der Waals surface area contributed by atoms with Crippen LogP contribution in [0.1, 0.15) is 41.5 Å². The summed E-state index contributed by atoms with van der Waals surface area (Å²) in [5.41, 5.74) is 5.95. The number of hydrazone groups is 1. The Kier molecular flexibility index (Phi) is 5.82. The molecule has 0 unspecified atom stereocenters. The van der Waals surface area contributed by atoms with Crippen molar-refractivity contribution in [1.29, 1.82) is 0 Å². The summed E-state index contributed by atoms with van der Waals surface area (Å²) in [7, 11) is 0. The van der Waals surface area contributed by atoms with E-state index >= 15 is 0 Å². The predicted octanol–water partition coefficient (Wildman–Crippen LogP) is 4.26. The Hall–Kier alpha value is -3.66. The molecule has 8 nitrogen and oxygen atoms in total. The lowest BCUT2D eigenvalue weighted by Gasteiger charge is -2.52. The zero-order chi connectivity index (χ0) is 27.6. The molecule has 0 aromatic heterocycles. The van der Waals surface area contributed by atoms with E-state index in [1.54, 1.807) is 25.3 Å². The van der Waals surface area contributed by atoms with E-state index in [9.17, 15) is 14.4 Å². The highest BCUT2D eigenvalue weighted by molar-refractivity contribution is 9.10. The molecular weight excluding hydrogens is 574 g/mol. The third kappa shape index (κ3) is 3.57. The van der Waals surface area contributed by atoms with Crippen LogP contribution < -0.4 is 10.3 Å². The molecule has 2 aliphatic heterocycles. The molecule has 0 radical (unpaired) electrons. The molecule has 5 aliphatic rings. The number of imide groups is 1. The van der Waals surface area contributed by atoms with E-state index in [0.717, 1.165) is 26.7 Å². The summed E-state index contributed by atoms with van der Waals surface area (Å²) in [6, 6.07) is 23.0. The number of rotatable bonds is 5. The van der Waals surface area contributed by atoms with Crippen LogP contribution in [-0.4, -0.2) is 42.9 Å². The lowest BCUT2D eigenvalue weighted by Crippen LogP contribution is -2.54. The number of halogens is 1. The molecule has 2 bridgehead atoms. The second kappa shape index (κ2) is 9.19. The lowest BCUT2D eigenvalue weighted by molar-refractivity contribution is -0.159. The summed E-state index contributed by atoms with van der Waals surface area (Å²) in [4.78, 5) is 42.6. The van der Waals surface area contributed by atoms with Gasteiger partial charge >= 0.3 is 0 Å². The molecule has 3 aromatic rings. The van der Waals surface area contributed by atoms with Crippen LogP contribution in [-0.2, 0) is 29.3 Å². The molecule has 9 heteroatoms. The first-order valence-electron chi connectivity index (χ1n) is 13.3. The van der Waals surface area contributed by atoms with Gasteiger partial charge in [0.05, 0.1) is 42.6 Å². The summed E-state index contributed by atoms with van der Waals surface area (Å²) in [6.45, 7) is 2.58. The van der Waals surface area contributed by atoms with Crippen LogP contribution >= 0.6 is 15.9 Å². The van der Waals surface area contributed by atoms with Crippen LogP contribution in [0.4, 0.5) is 5.69 Å². The van der Waals surface area contributed by atoms with E-state index in [1.165, 1.54) is 4.90 Å². The van der Waals surface area contributed by atoms with Crippen LogP contribution in [0, 0.1) is 11.8 Å². The van der Waals surface area contributed by atoms with Crippen LogP contribution in [0.15, 0.2) is 82.4 Å². The smallest absolute Gasteiger partial charge is 0.245 e. The fourth-order valence-corrected chi connectivity index (χ4v) is 7.35. The summed E-state index contributed by atoms with van der Waals surface area (Å²) in [5, 5.41) is 4.44. The molecule has 202 valence electrons. The van der Waals surface area contributed by atoms with Gasteiger partial charge in [0, 0.05) is 16.6 Å². The number of amides is 3. The van der Waals surface area contributed by atoms with Crippen molar-refractivity contribution in [1.82, 2.24) is 5.43 Å². The maximum Gasteiger partial charge on any atom is 0.245 e. The summed E-state index contributed by atoms with van der Waals surface area (Å²) >= 11 is 3.44. The van der Waals surface area contributed by atoms with Gasteiger partial charge in [-0.15, -0.1) is 0 Å². The minimum atomic E-state index is -1.05. The average Bonchev–Trinajstić information content (AvgIpc) is 3.50. The topological polar surface area (TPSA) is 97.3 Å². The van der Waals surface area contributed by atoms with Crippen molar-refractivity contribution in [3.8, 4) is 0 Å². The quantitative estimate of drug-likeness (QED) is 0.268. The molecule has 3 amide bonds. The van der Waals surface area contributed by atoms with Gasteiger partial charge in [0.1, 0.15) is 0 Å². The zero-order valence-electron chi connectivity index (χ0n) is 21.7. The molecule has 2 heterocycles. The highest BCUT2D eigenvalue weighted by Gasteiger charge is 2.68. The van der Waals surface area contributed by atoms with E-state index < -0.39 is 23.0 Å². The second-order valence-electron chi connectivity index (χ2n) is 10.8. The van der Waals surface area contributed by atoms with Crippen molar-refractivity contribution in [3.05, 3.63) is 99.5 Å². The fourth-order valence-electron chi connectivity index (χ4n) is 7.09. The van der Waals surface area contributed by atoms with Crippen LogP contribution in [0.2, 0.25) is 0 Å². The van der Waals surface area contributed by atoms with Crippen molar-refractivity contribution in [2.45, 2.75) is 30.5 Å². The van der Waals surface area contributed by atoms with Crippen LogP contribution in [0.25, 0.3) is 0 Å². The maximum absolute atomic E-state index is 14.3. The SMILES string of the molecule is CC1(CC(=O)N/N=C\C23c4ccccc4C(c4ccccc42)[C@H]2C(=O)N(c4ccc(Br)cc4)C(=O)[C@@H]23)OCCO1. The first kappa shape index (κ1) is 25.3. The molecule has 40 heavy (non-hydrogen) atoms. The number of nitrogens with one attached hydrogen (secondary N) is 1. The third-order valence-electron chi connectivity index (χ3n) is 8.61. The lowest BCUT2D eigenvalue weighted by atomic mass is 9.47. The van der Waals surface area contributed by atoms with Crippen molar-refractivity contribution in [3.63, 3.8) is 0 Å². The highest BCUT2D eigenvalue weighted by Crippen LogP contribution is 2.63. The van der Waals surface area contributed by atoms with Crippen molar-refractivity contribution in [2.24, 2.45) is 16.9 Å². The van der Waals surface area contributed by atoms with E-state index in [1.807, 2.05) is 60.7 Å². The molecule has 0 saturated carbocycles. The number of carbonyl (C=O) groups excluding carboxylic acids is 3.